The van der Waals surface area contributed by atoms with E-state index in [2.05, 4.69) is 62.8 Å². The number of carbonyl (C=O) groups is 11. The van der Waals surface area contributed by atoms with Gasteiger partial charge < -0.3 is 77.7 Å². The van der Waals surface area contributed by atoms with Crippen LogP contribution in [0.4, 0.5) is 14.5 Å². The van der Waals surface area contributed by atoms with E-state index in [0.29, 0.717) is 28.0 Å². The molecule has 0 radical (unpaired) electrons. The van der Waals surface area contributed by atoms with Crippen molar-refractivity contribution >= 4 is 81.7 Å². The summed E-state index contributed by atoms with van der Waals surface area (Å²) in [5, 5.41) is 44.4. The van der Waals surface area contributed by atoms with Crippen LogP contribution in [0.1, 0.15) is 68.3 Å². The number of allylic oxidation sites excluding steroid dienone is 2. The van der Waals surface area contributed by atoms with Crippen LogP contribution in [-0.4, -0.2) is 163 Å². The lowest BCUT2D eigenvalue weighted by Gasteiger charge is -2.37. The number of fused-ring (bicyclic) bond motifs is 28. The summed E-state index contributed by atoms with van der Waals surface area (Å²) < 4.78 is 35.0. The predicted octanol–water partition coefficient (Wildman–Crippen LogP) is 1.29. The molecular formula is C63H69F2N13O14. The molecule has 484 valence electrons. The van der Waals surface area contributed by atoms with Gasteiger partial charge in [-0.05, 0) is 116 Å². The van der Waals surface area contributed by atoms with Crippen molar-refractivity contribution in [3.63, 3.8) is 0 Å². The van der Waals surface area contributed by atoms with Crippen LogP contribution in [0.2, 0.25) is 0 Å². The lowest BCUT2D eigenvalue weighted by atomic mass is 9.87. The molecule has 0 spiro atoms. The molecule has 3 aromatic carbocycles. The Bertz CT molecular complexity index is 3760. The van der Waals surface area contributed by atoms with Gasteiger partial charge in [-0.15, -0.1) is 0 Å². The molecule has 5 aliphatic rings. The monoisotopic (exact) mass is 1270 g/mol. The van der Waals surface area contributed by atoms with Crippen LogP contribution in [-0.2, 0) is 78.4 Å². The fourth-order valence-electron chi connectivity index (χ4n) is 11.5. The SMILES string of the molecule is COc1ccc(C[C@@H]2NC(=O)[C@H](Cc3cnc[nH]3)NC(=O)[C@H](CC(=O)O)NC(=O)[C@H](Cc3c[nH]c4ccc(F)cc34)NC(=O)[C@H](CC3=CNC4C=CC(F)=CC34)NC(=O)[C@@H](C)NC(=O)Cc3ccc(cc3)NC(=O)CC(C(=O)O)NC(=O)[C@]3(C)CCCN3C2=O)cc1. The fraction of sp³-hybridized carbons (Fsp3) is 0.365. The molecule has 1 saturated heterocycles. The molecule has 4 aliphatic heterocycles. The molecule has 6 heterocycles. The zero-order valence-corrected chi connectivity index (χ0v) is 50.1. The lowest BCUT2D eigenvalue weighted by Crippen LogP contribution is -2.63. The molecule has 2 bridgehead atoms. The van der Waals surface area contributed by atoms with Crippen molar-refractivity contribution in [2.75, 3.05) is 19.0 Å². The van der Waals surface area contributed by atoms with Crippen LogP contribution < -0.4 is 52.6 Å². The first-order valence-corrected chi connectivity index (χ1v) is 29.6. The smallest absolute Gasteiger partial charge is 0.326 e. The third kappa shape index (κ3) is 16.2. The topological polar surface area (TPSA) is 393 Å². The van der Waals surface area contributed by atoms with Gasteiger partial charge in [-0.25, -0.2) is 18.6 Å². The number of aromatic amines is 2. The van der Waals surface area contributed by atoms with E-state index < -0.39 is 156 Å². The Kier molecular flexibility index (Phi) is 20.6. The van der Waals surface area contributed by atoms with Crippen molar-refractivity contribution in [1.29, 1.82) is 0 Å². The summed E-state index contributed by atoms with van der Waals surface area (Å²) in [4.78, 5) is 167. The van der Waals surface area contributed by atoms with Gasteiger partial charge in [0.05, 0.1) is 38.7 Å². The Morgan fingerprint density at radius 3 is 2.08 bits per heavy atom. The van der Waals surface area contributed by atoms with E-state index >= 15 is 4.79 Å². The highest BCUT2D eigenvalue weighted by molar-refractivity contribution is 6.01. The van der Waals surface area contributed by atoms with E-state index in [4.69, 9.17) is 4.74 Å². The number of anilines is 1. The van der Waals surface area contributed by atoms with Gasteiger partial charge in [0.15, 0.2) is 0 Å². The maximum Gasteiger partial charge on any atom is 0.326 e. The number of aromatic nitrogens is 3. The standard InChI is InChI=1S/C63H69F2N13O14/c1-32-55(83)72-46(21-35-28-67-44-15-9-37(64)23-42(35)44)56(84)73-47(22-36-29-68-45-16-10-38(65)24-43(36)45)57(85)75-49(27-54(81)82)59(87)74-48(25-40-30-66-31-69-40)58(86)76-50(19-33-7-13-41(92-3)14-8-33)60(88)78-18-4-17-63(78,2)62(91)77-51(61(89)90)26-53(80)71-39-11-5-34(6-12-39)20-52(79)70-32/h5-16,23-24,28-32,42,44,46-51,67-68H,4,17-22,25-27H2,1-3H3,(H,66,69)(H,70,79)(H,71,80)(H,72,83)(H,73,84)(H,74,87)(H,75,85)(H,76,86)(H,77,91)(H,81,82)(H,89,90)/t32-,42?,44?,46+,47+,48+,49+,50+,51?,63+/m1/s1. The Morgan fingerprint density at radius 2 is 1.40 bits per heavy atom. The van der Waals surface area contributed by atoms with Gasteiger partial charge in [0.2, 0.25) is 53.2 Å². The van der Waals surface area contributed by atoms with Gasteiger partial charge in [-0.3, -0.25) is 47.9 Å². The first-order chi connectivity index (χ1) is 43.9. The third-order valence-electron chi connectivity index (χ3n) is 16.5. The van der Waals surface area contributed by atoms with Crippen molar-refractivity contribution in [3.8, 4) is 5.75 Å². The van der Waals surface area contributed by atoms with Crippen LogP contribution in [0, 0.1) is 11.7 Å². The second kappa shape index (κ2) is 28.8. The second-order valence-corrected chi connectivity index (χ2v) is 23.1. The summed E-state index contributed by atoms with van der Waals surface area (Å²) in [7, 11) is 1.44. The number of methoxy groups -OCH3 is 1. The quantitative estimate of drug-likeness (QED) is 0.0783. The molecule has 29 heteroatoms. The summed E-state index contributed by atoms with van der Waals surface area (Å²) >= 11 is 0. The molecule has 92 heavy (non-hydrogen) atoms. The minimum atomic E-state index is -2.03. The molecule has 3 unspecified atom stereocenters. The molecule has 2 aromatic heterocycles. The molecule has 1 aliphatic carbocycles. The second-order valence-electron chi connectivity index (χ2n) is 23.1. The number of carbonyl (C=O) groups excluding carboxylic acids is 9. The Balaban J connectivity index is 1.08. The van der Waals surface area contributed by atoms with E-state index in [1.807, 2.05) is 0 Å². The highest BCUT2D eigenvalue weighted by Crippen LogP contribution is 2.33. The van der Waals surface area contributed by atoms with Crippen LogP contribution in [0.3, 0.4) is 0 Å². The number of imidazole rings is 1. The number of benzene rings is 3. The molecular weight excluding hydrogens is 1200 g/mol. The van der Waals surface area contributed by atoms with Gasteiger partial charge in [-0.1, -0.05) is 30.3 Å². The van der Waals surface area contributed by atoms with Gasteiger partial charge in [0.25, 0.3) is 0 Å². The molecule has 10 rings (SSSR count). The summed E-state index contributed by atoms with van der Waals surface area (Å²) in [6.07, 6.45) is 6.42. The minimum absolute atomic E-state index is 0.0123. The molecule has 1 fully saturated rings. The number of hydrogen-bond acceptors (Lipinski definition) is 14. The zero-order chi connectivity index (χ0) is 66.0. The van der Waals surface area contributed by atoms with Crippen LogP contribution in [0.25, 0.3) is 10.9 Å². The van der Waals surface area contributed by atoms with Crippen molar-refractivity contribution in [3.05, 3.63) is 149 Å². The average Bonchev–Trinajstić information content (AvgIpc) is 1.59. The summed E-state index contributed by atoms with van der Waals surface area (Å²) in [5.74, 6) is -13.2. The highest BCUT2D eigenvalue weighted by atomic mass is 19.1. The van der Waals surface area contributed by atoms with E-state index in [1.165, 1.54) is 99.2 Å². The zero-order valence-electron chi connectivity index (χ0n) is 50.1. The lowest BCUT2D eigenvalue weighted by molar-refractivity contribution is -0.149. The van der Waals surface area contributed by atoms with Crippen LogP contribution >= 0.6 is 0 Å². The average molecular weight is 1270 g/mol. The number of H-pyrrole nitrogens is 2. The summed E-state index contributed by atoms with van der Waals surface area (Å²) in [6, 6.07) is 3.87. The largest absolute Gasteiger partial charge is 0.497 e. The number of carboxylic acids is 2. The number of nitrogens with zero attached hydrogens (tertiary/aromatic N) is 2. The molecule has 9 amide bonds. The summed E-state index contributed by atoms with van der Waals surface area (Å²) in [6.45, 7) is 2.69. The molecule has 0 saturated carbocycles. The van der Waals surface area contributed by atoms with Gasteiger partial charge in [-0.2, -0.15) is 0 Å². The minimum Gasteiger partial charge on any atom is -0.497 e. The van der Waals surface area contributed by atoms with E-state index in [0.717, 1.165) is 0 Å². The van der Waals surface area contributed by atoms with Gasteiger partial charge in [0, 0.05) is 66.4 Å². The number of aliphatic carboxylic acids is 2. The van der Waals surface area contributed by atoms with E-state index in [-0.39, 0.29) is 67.4 Å². The number of rotatable bonds is 12. The third-order valence-corrected chi connectivity index (χ3v) is 16.5. The maximum atomic E-state index is 15.1. The Hall–Kier alpha value is -10.7. The van der Waals surface area contributed by atoms with E-state index in [1.54, 1.807) is 36.5 Å². The van der Waals surface area contributed by atoms with Crippen LogP contribution in [0.15, 0.2) is 121 Å². The van der Waals surface area contributed by atoms with Crippen molar-refractivity contribution in [2.24, 2.45) is 5.92 Å². The van der Waals surface area contributed by atoms with Gasteiger partial charge in [0.1, 0.15) is 65.2 Å². The molecule has 27 nitrogen and oxygen atoms in total. The van der Waals surface area contributed by atoms with Crippen molar-refractivity contribution in [1.82, 2.24) is 62.4 Å². The number of ether oxygens (including phenoxy) is 1. The maximum absolute atomic E-state index is 15.1. The molecule has 10 atom stereocenters. The Labute approximate surface area is 524 Å². The predicted molar refractivity (Wildman–Crippen MR) is 324 cm³/mol. The number of carboxylic acid groups (broad SMARTS) is 2. The first-order valence-electron chi connectivity index (χ1n) is 29.6. The number of amides is 9. The van der Waals surface area contributed by atoms with E-state index in [9.17, 15) is 66.9 Å². The van der Waals surface area contributed by atoms with Crippen LogP contribution in [0.5, 0.6) is 5.75 Å². The molecule has 5 aromatic rings. The number of hydrogen-bond donors (Lipinski definition) is 13. The number of halogens is 2. The first kappa shape index (κ1) is 65.7. The molecule has 13 N–H and O–H groups in total. The summed E-state index contributed by atoms with van der Waals surface area (Å²) in [5.41, 5.74) is 0.672. The highest BCUT2D eigenvalue weighted by Gasteiger charge is 2.49. The van der Waals surface area contributed by atoms with Crippen molar-refractivity contribution in [2.45, 2.75) is 126 Å². The fourth-order valence-corrected chi connectivity index (χ4v) is 11.5. The van der Waals surface area contributed by atoms with Crippen molar-refractivity contribution < 1.29 is 76.5 Å². The normalized spacial score (nSPS) is 25.7. The Morgan fingerprint density at radius 1 is 0.739 bits per heavy atom. The van der Waals surface area contributed by atoms with Gasteiger partial charge >= 0.3 is 11.9 Å². The number of nitrogens with one attached hydrogen (secondary N) is 11.